The summed E-state index contributed by atoms with van der Waals surface area (Å²) >= 11 is 0. The van der Waals surface area contributed by atoms with E-state index < -0.39 is 0 Å². The monoisotopic (exact) mass is 1720 g/mol. The number of ether oxygens (including phenoxy) is 5. The van der Waals surface area contributed by atoms with Crippen molar-refractivity contribution in [2.24, 2.45) is 32.5 Å². The number of nitrogens with one attached hydrogen (secondary N) is 6. The summed E-state index contributed by atoms with van der Waals surface area (Å²) in [6.07, 6.45) is 13.2. The predicted octanol–water partition coefficient (Wildman–Crippen LogP) is 22.6. The molecule has 3 saturated heterocycles. The normalized spacial score (nSPS) is 16.2. The van der Waals surface area contributed by atoms with Crippen LogP contribution < -0.4 is 41.4 Å². The van der Waals surface area contributed by atoms with Crippen LogP contribution in [0.2, 0.25) is 0 Å². The number of para-hydroxylation sites is 1. The average molecular weight is 1720 g/mol. The summed E-state index contributed by atoms with van der Waals surface area (Å²) in [5.41, 5.74) is 10.1. The molecule has 4 aromatic rings. The molecule has 7 rings (SSSR count). The van der Waals surface area contributed by atoms with E-state index in [4.69, 9.17) is 23.7 Å². The zero-order chi connectivity index (χ0) is 93.5. The number of nitrogens with zero attached hydrogens (tertiary/aromatic N) is 3. The molecule has 3 fully saturated rings. The van der Waals surface area contributed by atoms with E-state index in [0.717, 1.165) is 117 Å². The van der Waals surface area contributed by atoms with Crippen LogP contribution in [0.3, 0.4) is 0 Å². The Morgan fingerprint density at radius 1 is 0.366 bits per heavy atom. The fourth-order valence-corrected chi connectivity index (χ4v) is 13.8. The van der Waals surface area contributed by atoms with Gasteiger partial charge < -0.3 is 70.3 Å². The largest absolute Gasteiger partial charge is 0.492 e. The van der Waals surface area contributed by atoms with Gasteiger partial charge in [0.15, 0.2) is 0 Å². The fourth-order valence-electron chi connectivity index (χ4n) is 13.8. The van der Waals surface area contributed by atoms with Crippen molar-refractivity contribution >= 4 is 11.8 Å². The van der Waals surface area contributed by atoms with Crippen molar-refractivity contribution in [3.8, 4) is 11.5 Å². The SMILES string of the molecule is CC(C)(C)CCc1cccc(OCCNC(C)(C)C)c1.CC(C)(C)COCCC(=O)N1CC[C@@H](NC(C)(C)C)C1.CC(C)(C)COCCN1CCC(NC(C)(C)C)CC1.CC(C)(C)COCCc1ccc(CNC(C)(C)C)cc1.CC(C)(C)COc1ccccc1C(=O)N1CC[C@@H](NC(C)(C)C)C1.CC(C)(C)Cc1ccc(CCCCNC(C)(C)C)cc1. The molecular weight excluding hydrogens is 1520 g/mol. The van der Waals surface area contributed by atoms with E-state index in [-0.39, 0.29) is 66.7 Å². The molecule has 2 atom stereocenters. The van der Waals surface area contributed by atoms with Crippen LogP contribution in [0, 0.1) is 32.5 Å². The third-order valence-electron chi connectivity index (χ3n) is 19.7. The quantitative estimate of drug-likeness (QED) is 0.0256. The number of carbonyl (C=O) groups is 2. The first-order valence-electron chi connectivity index (χ1n) is 47.4. The number of unbranched alkanes of at least 4 members (excludes halogenated alkanes) is 1. The highest BCUT2D eigenvalue weighted by Crippen LogP contribution is 2.29. The molecule has 708 valence electrons. The van der Waals surface area contributed by atoms with Crippen molar-refractivity contribution < 1.29 is 33.3 Å². The topological polar surface area (TPSA) is 162 Å². The van der Waals surface area contributed by atoms with Crippen LogP contribution in [0.15, 0.2) is 97.1 Å². The van der Waals surface area contributed by atoms with E-state index in [2.05, 4.69) is 353 Å². The molecule has 0 radical (unpaired) electrons. The second kappa shape index (κ2) is 53.2. The molecule has 16 heteroatoms. The summed E-state index contributed by atoms with van der Waals surface area (Å²) in [6.45, 7) is 94.7. The van der Waals surface area contributed by atoms with E-state index >= 15 is 0 Å². The molecule has 2 amide bonds. The van der Waals surface area contributed by atoms with Crippen LogP contribution in [-0.2, 0) is 51.2 Å². The van der Waals surface area contributed by atoms with Crippen molar-refractivity contribution in [1.29, 1.82) is 0 Å². The molecule has 3 heterocycles. The highest BCUT2D eigenvalue weighted by atomic mass is 16.5. The van der Waals surface area contributed by atoms with E-state index in [9.17, 15) is 9.59 Å². The molecule has 6 N–H and O–H groups in total. The lowest BCUT2D eigenvalue weighted by atomic mass is 9.88. The smallest absolute Gasteiger partial charge is 0.257 e. The molecule has 0 aliphatic carbocycles. The number of carbonyl (C=O) groups excluding carboxylic acids is 2. The van der Waals surface area contributed by atoms with Crippen LogP contribution in [0.25, 0.3) is 0 Å². The Hall–Kier alpha value is -4.98. The zero-order valence-electron chi connectivity index (χ0n) is 86.4. The van der Waals surface area contributed by atoms with Crippen molar-refractivity contribution in [3.63, 3.8) is 0 Å². The molecule has 0 spiro atoms. The maximum Gasteiger partial charge on any atom is 0.257 e. The molecule has 0 bridgehead atoms. The minimum Gasteiger partial charge on any atom is -0.492 e. The van der Waals surface area contributed by atoms with Crippen molar-refractivity contribution in [2.75, 3.05) is 112 Å². The Morgan fingerprint density at radius 3 is 1.31 bits per heavy atom. The second-order valence-corrected chi connectivity index (χ2v) is 48.9. The second-order valence-electron chi connectivity index (χ2n) is 48.9. The first kappa shape index (κ1) is 114. The van der Waals surface area contributed by atoms with Gasteiger partial charge >= 0.3 is 0 Å². The molecule has 16 nitrogen and oxygen atoms in total. The lowest BCUT2D eigenvalue weighted by Crippen LogP contribution is -2.49. The molecule has 3 aliphatic rings. The van der Waals surface area contributed by atoms with Crippen LogP contribution in [0.1, 0.15) is 339 Å². The van der Waals surface area contributed by atoms with Crippen molar-refractivity contribution in [3.05, 3.63) is 130 Å². The van der Waals surface area contributed by atoms with Gasteiger partial charge in [-0.05, 0) is 299 Å². The van der Waals surface area contributed by atoms with Crippen LogP contribution in [-0.4, -0.2) is 190 Å². The number of aryl methyl sites for hydroxylation is 2. The Balaban J connectivity index is 0.000000501. The number of likely N-dealkylation sites (tertiary alicyclic amines) is 3. The number of amides is 2. The summed E-state index contributed by atoms with van der Waals surface area (Å²) in [5, 5.41) is 21.3. The third-order valence-corrected chi connectivity index (χ3v) is 19.7. The third kappa shape index (κ3) is 64.4. The van der Waals surface area contributed by atoms with E-state index in [1.807, 2.05) is 40.1 Å². The molecule has 123 heavy (non-hydrogen) atoms. The predicted molar refractivity (Wildman–Crippen MR) is 529 cm³/mol. The molecule has 3 aliphatic heterocycles. The van der Waals surface area contributed by atoms with Crippen LogP contribution in [0.5, 0.6) is 11.5 Å². The minimum atomic E-state index is 0.0610. The van der Waals surface area contributed by atoms with Crippen LogP contribution >= 0.6 is 0 Å². The van der Waals surface area contributed by atoms with Gasteiger partial charge in [-0.15, -0.1) is 0 Å². The van der Waals surface area contributed by atoms with Crippen molar-refractivity contribution in [2.45, 2.75) is 384 Å². The van der Waals surface area contributed by atoms with Gasteiger partial charge in [0.25, 0.3) is 5.91 Å². The summed E-state index contributed by atoms with van der Waals surface area (Å²) in [5.74, 6) is 1.95. The summed E-state index contributed by atoms with van der Waals surface area (Å²) in [6, 6.07) is 35.6. The van der Waals surface area contributed by atoms with Gasteiger partial charge in [-0.2, -0.15) is 0 Å². The first-order valence-corrected chi connectivity index (χ1v) is 47.4. The number of benzene rings is 4. The first-order chi connectivity index (χ1) is 56.2. The van der Waals surface area contributed by atoms with Crippen LogP contribution in [0.4, 0.5) is 0 Å². The summed E-state index contributed by atoms with van der Waals surface area (Å²) in [4.78, 5) is 31.4. The van der Waals surface area contributed by atoms with Gasteiger partial charge in [0, 0.05) is 97.2 Å². The van der Waals surface area contributed by atoms with Gasteiger partial charge in [-0.3, -0.25) is 9.59 Å². The van der Waals surface area contributed by atoms with Gasteiger partial charge in [0.1, 0.15) is 18.1 Å². The maximum atomic E-state index is 12.9. The van der Waals surface area contributed by atoms with Crippen molar-refractivity contribution in [1.82, 2.24) is 46.6 Å². The number of hydrogen-bond acceptors (Lipinski definition) is 14. The van der Waals surface area contributed by atoms with Gasteiger partial charge in [0.2, 0.25) is 5.91 Å². The number of hydrogen-bond donors (Lipinski definition) is 6. The summed E-state index contributed by atoms with van der Waals surface area (Å²) in [7, 11) is 0. The Labute approximate surface area is 757 Å². The van der Waals surface area contributed by atoms with Gasteiger partial charge in [-0.1, -0.05) is 197 Å². The molecule has 0 saturated carbocycles. The minimum absolute atomic E-state index is 0.0610. The van der Waals surface area contributed by atoms with E-state index in [1.165, 1.54) is 79.4 Å². The summed E-state index contributed by atoms with van der Waals surface area (Å²) < 4.78 is 28.8. The van der Waals surface area contributed by atoms with Gasteiger partial charge in [0.05, 0.1) is 58.2 Å². The Morgan fingerprint density at radius 2 is 0.813 bits per heavy atom. The van der Waals surface area contributed by atoms with Gasteiger partial charge in [-0.25, -0.2) is 0 Å². The lowest BCUT2D eigenvalue weighted by molar-refractivity contribution is -0.131. The Bertz CT molecular complexity index is 3460. The number of rotatable bonds is 32. The van der Waals surface area contributed by atoms with E-state index in [1.54, 1.807) is 0 Å². The lowest BCUT2D eigenvalue weighted by Gasteiger charge is -2.36. The average Bonchev–Trinajstić information content (AvgIpc) is 1.76. The fraction of sp³-hybridized carbons (Fsp3) is 0.757. The standard InChI is InChI=1S/C20H32N2O2.C19H33N.2C18H31NO.C16H32N2O2.C16H34N2O/c1-19(2,3)14-24-17-10-8-7-9-16(17)18(23)22-12-11-15(13-22)21-20(4,5)6;1-18(2,3)15-17-12-10-16(11-13-17)9-7-8-14-20-19(4,5)6;1-17(2,3)14-20-12-11-15-7-9-16(10-8-15)13-19-18(4,5)6;1-17(2,3)11-10-15-8-7-9-16(14-15)20-13-12-19-18(4,5)6;1-15(2,3)12-20-10-8-14(19)18-9-7-13(11-18)17-16(4,5)6;1-15(2,3)13-19-12-11-18-9-7-14(8-10-18)17-16(4,5)6/h7-10,15,21H,11-14H2,1-6H3;10-13,20H,7-9,14-15H2,1-6H3;7-10,19H,11-14H2,1-6H3;7-9,14,19H,10-13H2,1-6H3;13,17H,7-12H2,1-6H3;14,17H,7-13H2,1-6H3/t15-;;;;13-;/m1...1./s1. The Kier molecular flexibility index (Phi) is 49.4. The maximum absolute atomic E-state index is 12.9. The van der Waals surface area contributed by atoms with E-state index in [0.29, 0.717) is 73.1 Å². The molecule has 0 aromatic heterocycles. The molecular formula is C107H193N9O7. The zero-order valence-corrected chi connectivity index (χ0v) is 86.4. The molecule has 0 unspecified atom stereocenters. The highest BCUT2D eigenvalue weighted by molar-refractivity contribution is 5.97. The number of piperidine rings is 1. The molecule has 4 aromatic carbocycles. The highest BCUT2D eigenvalue weighted by Gasteiger charge is 2.32.